The molecule has 0 amide bonds. The molecule has 0 aliphatic carbocycles. The van der Waals surface area contributed by atoms with Gasteiger partial charge in [-0.3, -0.25) is 0 Å². The van der Waals surface area contributed by atoms with Gasteiger partial charge >= 0.3 is 0 Å². The molecule has 0 radical (unpaired) electrons. The van der Waals surface area contributed by atoms with Crippen molar-refractivity contribution in [1.82, 2.24) is 4.90 Å². The van der Waals surface area contributed by atoms with E-state index in [0.717, 1.165) is 45.6 Å². The van der Waals surface area contributed by atoms with Gasteiger partial charge in [-0.05, 0) is 32.7 Å². The fraction of sp³-hybridized carbons (Fsp3) is 1.00. The van der Waals surface area contributed by atoms with E-state index in [1.807, 2.05) is 0 Å². The first-order valence-corrected chi connectivity index (χ1v) is 6.35. The minimum Gasteiger partial charge on any atom is -0.390 e. The lowest BCUT2D eigenvalue weighted by Gasteiger charge is -2.33. The molecule has 0 spiro atoms. The quantitative estimate of drug-likeness (QED) is 0.768. The van der Waals surface area contributed by atoms with Crippen molar-refractivity contribution >= 4 is 0 Å². The Morgan fingerprint density at radius 3 is 2.94 bits per heavy atom. The number of rotatable bonds is 4. The van der Waals surface area contributed by atoms with Crippen molar-refractivity contribution in [2.45, 2.75) is 44.0 Å². The Morgan fingerprint density at radius 2 is 2.25 bits per heavy atom. The first kappa shape index (κ1) is 12.3. The molecule has 1 N–H and O–H groups in total. The van der Waals surface area contributed by atoms with Crippen LogP contribution in [0.5, 0.6) is 0 Å². The van der Waals surface area contributed by atoms with Crippen LogP contribution in [0.1, 0.15) is 25.7 Å². The Labute approximate surface area is 97.5 Å². The molecule has 4 heteroatoms. The van der Waals surface area contributed by atoms with Crippen LogP contribution in [0.15, 0.2) is 0 Å². The van der Waals surface area contributed by atoms with E-state index in [9.17, 15) is 5.11 Å². The highest BCUT2D eigenvalue weighted by Gasteiger charge is 2.26. The molecule has 0 aromatic carbocycles. The maximum absolute atomic E-state index is 10.0. The highest BCUT2D eigenvalue weighted by atomic mass is 16.5. The normalized spacial score (nSPS) is 34.1. The number of hydrogen-bond donors (Lipinski definition) is 1. The van der Waals surface area contributed by atoms with Crippen LogP contribution in [-0.4, -0.2) is 61.7 Å². The number of aliphatic hydroxyl groups excluding tert-OH is 1. The molecule has 0 saturated carbocycles. The number of likely N-dealkylation sites (N-methyl/N-ethyl adjacent to an activating group) is 1. The van der Waals surface area contributed by atoms with E-state index in [4.69, 9.17) is 9.47 Å². The number of hydrogen-bond acceptors (Lipinski definition) is 4. The minimum atomic E-state index is -0.341. The van der Waals surface area contributed by atoms with E-state index in [1.165, 1.54) is 6.42 Å². The number of nitrogens with zero attached hydrogens (tertiary/aromatic N) is 1. The van der Waals surface area contributed by atoms with Gasteiger partial charge in [0.05, 0.1) is 24.9 Å². The van der Waals surface area contributed by atoms with Gasteiger partial charge in [0, 0.05) is 19.7 Å². The summed E-state index contributed by atoms with van der Waals surface area (Å²) in [4.78, 5) is 2.21. The Hall–Kier alpha value is -0.160. The molecular weight excluding hydrogens is 206 g/mol. The van der Waals surface area contributed by atoms with Crippen molar-refractivity contribution in [3.63, 3.8) is 0 Å². The Bertz CT molecular complexity index is 206. The summed E-state index contributed by atoms with van der Waals surface area (Å²) in [5.41, 5.74) is 0. The average Bonchev–Trinajstić information content (AvgIpc) is 2.78. The molecule has 2 heterocycles. The average molecular weight is 229 g/mol. The summed E-state index contributed by atoms with van der Waals surface area (Å²) in [6, 6.07) is 0. The first-order chi connectivity index (χ1) is 7.75. The third-order valence-corrected chi connectivity index (χ3v) is 3.53. The predicted octanol–water partition coefficient (Wildman–Crippen LogP) is 0.637. The van der Waals surface area contributed by atoms with Crippen LogP contribution < -0.4 is 0 Å². The lowest BCUT2D eigenvalue weighted by Crippen LogP contribution is -2.46. The van der Waals surface area contributed by atoms with Crippen LogP contribution in [0.4, 0.5) is 0 Å². The molecular formula is C12H23NO3. The van der Waals surface area contributed by atoms with Gasteiger partial charge in [0.25, 0.3) is 0 Å². The van der Waals surface area contributed by atoms with Crippen LogP contribution in [0.2, 0.25) is 0 Å². The predicted molar refractivity (Wildman–Crippen MR) is 61.5 cm³/mol. The van der Waals surface area contributed by atoms with Crippen molar-refractivity contribution in [1.29, 1.82) is 0 Å². The second-order valence-electron chi connectivity index (χ2n) is 4.95. The summed E-state index contributed by atoms with van der Waals surface area (Å²) in [6.07, 6.45) is 4.10. The van der Waals surface area contributed by atoms with Gasteiger partial charge < -0.3 is 19.5 Å². The summed E-state index contributed by atoms with van der Waals surface area (Å²) in [6.45, 7) is 3.43. The van der Waals surface area contributed by atoms with Crippen LogP contribution >= 0.6 is 0 Å². The molecule has 3 atom stereocenters. The Morgan fingerprint density at radius 1 is 1.38 bits per heavy atom. The summed E-state index contributed by atoms with van der Waals surface area (Å²) in [5.74, 6) is 0. The molecule has 4 nitrogen and oxygen atoms in total. The first-order valence-electron chi connectivity index (χ1n) is 6.35. The van der Waals surface area contributed by atoms with Gasteiger partial charge in [-0.1, -0.05) is 0 Å². The maximum atomic E-state index is 10.0. The fourth-order valence-corrected chi connectivity index (χ4v) is 2.46. The van der Waals surface area contributed by atoms with Crippen LogP contribution in [-0.2, 0) is 9.47 Å². The number of morpholine rings is 1. The largest absolute Gasteiger partial charge is 0.390 e. The zero-order valence-corrected chi connectivity index (χ0v) is 10.1. The van der Waals surface area contributed by atoms with Crippen molar-refractivity contribution < 1.29 is 14.6 Å². The number of ether oxygens (including phenoxy) is 2. The highest BCUT2D eigenvalue weighted by Crippen LogP contribution is 2.20. The molecule has 2 aliphatic heterocycles. The van der Waals surface area contributed by atoms with Crippen LogP contribution in [0.25, 0.3) is 0 Å². The smallest absolute Gasteiger partial charge is 0.0960 e. The zero-order chi connectivity index (χ0) is 11.4. The fourth-order valence-electron chi connectivity index (χ4n) is 2.46. The molecule has 2 fully saturated rings. The van der Waals surface area contributed by atoms with Crippen molar-refractivity contribution in [3.05, 3.63) is 0 Å². The van der Waals surface area contributed by atoms with E-state index in [2.05, 4.69) is 11.9 Å². The van der Waals surface area contributed by atoms with E-state index >= 15 is 0 Å². The molecule has 16 heavy (non-hydrogen) atoms. The lowest BCUT2D eigenvalue weighted by atomic mass is 10.0. The summed E-state index contributed by atoms with van der Waals surface area (Å²) in [5, 5.41) is 10.0. The highest BCUT2D eigenvalue weighted by molar-refractivity contribution is 4.78. The Balaban J connectivity index is 1.67. The standard InChI is InChI=1S/C12H23NO3/c1-13-6-8-16-12(9-13)11(14)5-4-10-3-2-7-15-10/h10-12,14H,2-9H2,1H3. The van der Waals surface area contributed by atoms with E-state index in [1.54, 1.807) is 0 Å². The second-order valence-corrected chi connectivity index (χ2v) is 4.95. The molecule has 0 bridgehead atoms. The van der Waals surface area contributed by atoms with Gasteiger partial charge in [0.2, 0.25) is 0 Å². The zero-order valence-electron chi connectivity index (χ0n) is 10.1. The topological polar surface area (TPSA) is 41.9 Å². The monoisotopic (exact) mass is 229 g/mol. The molecule has 2 rings (SSSR count). The van der Waals surface area contributed by atoms with Gasteiger partial charge in [0.1, 0.15) is 0 Å². The van der Waals surface area contributed by atoms with Crippen LogP contribution in [0.3, 0.4) is 0 Å². The molecule has 0 aromatic heterocycles. The minimum absolute atomic E-state index is 0.0137. The van der Waals surface area contributed by atoms with Gasteiger partial charge in [-0.15, -0.1) is 0 Å². The van der Waals surface area contributed by atoms with Gasteiger partial charge in [-0.2, -0.15) is 0 Å². The van der Waals surface area contributed by atoms with Crippen molar-refractivity contribution in [3.8, 4) is 0 Å². The van der Waals surface area contributed by atoms with Crippen molar-refractivity contribution in [2.75, 3.05) is 33.4 Å². The summed E-state index contributed by atoms with van der Waals surface area (Å²) in [7, 11) is 2.07. The third-order valence-electron chi connectivity index (χ3n) is 3.53. The molecule has 2 aliphatic rings. The SMILES string of the molecule is CN1CCOC(C(O)CCC2CCCO2)C1. The summed E-state index contributed by atoms with van der Waals surface area (Å²) >= 11 is 0. The summed E-state index contributed by atoms with van der Waals surface area (Å²) < 4.78 is 11.1. The van der Waals surface area contributed by atoms with E-state index < -0.39 is 0 Å². The lowest BCUT2D eigenvalue weighted by molar-refractivity contribution is -0.0877. The third kappa shape index (κ3) is 3.42. The molecule has 0 aromatic rings. The Kier molecular flexibility index (Phi) is 4.58. The molecule has 2 saturated heterocycles. The van der Waals surface area contributed by atoms with Gasteiger partial charge in [-0.25, -0.2) is 0 Å². The van der Waals surface area contributed by atoms with E-state index in [0.29, 0.717) is 6.10 Å². The van der Waals surface area contributed by atoms with Gasteiger partial charge in [0.15, 0.2) is 0 Å². The number of aliphatic hydroxyl groups is 1. The van der Waals surface area contributed by atoms with Crippen molar-refractivity contribution in [2.24, 2.45) is 0 Å². The molecule has 94 valence electrons. The second kappa shape index (κ2) is 5.96. The van der Waals surface area contributed by atoms with Crippen LogP contribution in [0, 0.1) is 0 Å². The maximum Gasteiger partial charge on any atom is 0.0960 e. The molecule has 3 unspecified atom stereocenters. The van der Waals surface area contributed by atoms with E-state index in [-0.39, 0.29) is 12.2 Å².